The molecule has 1 heterocycles. The van der Waals surface area contributed by atoms with Crippen molar-refractivity contribution in [1.29, 1.82) is 0 Å². The standard InChI is InChI=1S/C19H15N3O7S/c1-28-13-8-5-11-9-14(30-19(25)15(11)16(13)29-2)18(24)21-20-17(23)10-3-6-12(7-4-10)22(26)27/h3-9H,1-2H3,(H,20,23)(H,21,24). The summed E-state index contributed by atoms with van der Waals surface area (Å²) in [5, 5.41) is 11.4. The number of hydrogen-bond acceptors (Lipinski definition) is 8. The van der Waals surface area contributed by atoms with Gasteiger partial charge in [0, 0.05) is 17.7 Å². The van der Waals surface area contributed by atoms with Crippen molar-refractivity contribution in [3.63, 3.8) is 0 Å². The second-order valence-corrected chi connectivity index (χ2v) is 6.89. The number of carbonyl (C=O) groups is 2. The van der Waals surface area contributed by atoms with Gasteiger partial charge in [0.2, 0.25) is 4.74 Å². The second kappa shape index (κ2) is 8.57. The van der Waals surface area contributed by atoms with Crippen LogP contribution in [0.25, 0.3) is 10.8 Å². The largest absolute Gasteiger partial charge is 0.493 e. The summed E-state index contributed by atoms with van der Waals surface area (Å²) in [5.74, 6) is -0.696. The van der Waals surface area contributed by atoms with Crippen LogP contribution >= 0.6 is 11.3 Å². The maximum Gasteiger partial charge on any atom is 0.279 e. The van der Waals surface area contributed by atoms with Gasteiger partial charge in [-0.15, -0.1) is 0 Å². The smallest absolute Gasteiger partial charge is 0.279 e. The topological polar surface area (TPSA) is 137 Å². The predicted octanol–water partition coefficient (Wildman–Crippen LogP) is 2.26. The van der Waals surface area contributed by atoms with E-state index in [1.54, 1.807) is 12.1 Å². The zero-order valence-electron chi connectivity index (χ0n) is 15.8. The van der Waals surface area contributed by atoms with E-state index in [0.717, 1.165) is 0 Å². The Labute approximate surface area is 173 Å². The van der Waals surface area contributed by atoms with Crippen molar-refractivity contribution in [1.82, 2.24) is 10.9 Å². The highest BCUT2D eigenvalue weighted by molar-refractivity contribution is 7.12. The molecule has 3 aromatic rings. The van der Waals surface area contributed by atoms with Gasteiger partial charge in [0.25, 0.3) is 17.5 Å². The SMILES string of the molecule is COc1ccc2cc(C(=O)NNC(=O)c3ccc([N+](=O)[O-])cc3)sc(=O)c2c1OC. The molecule has 0 atom stereocenters. The fourth-order valence-electron chi connectivity index (χ4n) is 2.69. The van der Waals surface area contributed by atoms with Gasteiger partial charge in [-0.1, -0.05) is 17.4 Å². The summed E-state index contributed by atoms with van der Waals surface area (Å²) >= 11 is 0.687. The number of fused-ring (bicyclic) bond motifs is 1. The first-order valence-electron chi connectivity index (χ1n) is 8.39. The highest BCUT2D eigenvalue weighted by atomic mass is 32.1. The summed E-state index contributed by atoms with van der Waals surface area (Å²) in [4.78, 5) is 47.2. The molecule has 0 saturated heterocycles. The first kappa shape index (κ1) is 20.7. The van der Waals surface area contributed by atoms with Gasteiger partial charge in [0.05, 0.1) is 29.4 Å². The van der Waals surface area contributed by atoms with Crippen LogP contribution in [-0.4, -0.2) is 31.0 Å². The van der Waals surface area contributed by atoms with Crippen LogP contribution in [0.2, 0.25) is 0 Å². The molecule has 2 amide bonds. The molecular weight excluding hydrogens is 414 g/mol. The number of amides is 2. The molecule has 3 rings (SSSR count). The van der Waals surface area contributed by atoms with E-state index in [1.807, 2.05) is 0 Å². The summed E-state index contributed by atoms with van der Waals surface area (Å²) in [7, 11) is 2.86. The van der Waals surface area contributed by atoms with Gasteiger partial charge in [-0.3, -0.25) is 35.3 Å². The van der Waals surface area contributed by atoms with E-state index in [-0.39, 0.29) is 27.3 Å². The van der Waals surface area contributed by atoms with Gasteiger partial charge in [-0.05, 0) is 29.7 Å². The molecule has 2 aromatic carbocycles. The fourth-order valence-corrected chi connectivity index (χ4v) is 3.53. The lowest BCUT2D eigenvalue weighted by Gasteiger charge is -2.11. The Kier molecular flexibility index (Phi) is 5.93. The lowest BCUT2D eigenvalue weighted by atomic mass is 10.1. The van der Waals surface area contributed by atoms with Crippen molar-refractivity contribution in [3.05, 3.63) is 72.6 Å². The molecule has 0 aliphatic carbocycles. The highest BCUT2D eigenvalue weighted by Gasteiger charge is 2.17. The molecule has 11 heteroatoms. The van der Waals surface area contributed by atoms with E-state index in [0.29, 0.717) is 22.5 Å². The van der Waals surface area contributed by atoms with Crippen LogP contribution in [0.4, 0.5) is 5.69 Å². The molecule has 0 bridgehead atoms. The second-order valence-electron chi connectivity index (χ2n) is 5.88. The number of ether oxygens (including phenoxy) is 2. The fraction of sp³-hybridized carbons (Fsp3) is 0.105. The van der Waals surface area contributed by atoms with Gasteiger partial charge in [0.15, 0.2) is 11.5 Å². The average Bonchev–Trinajstić information content (AvgIpc) is 2.76. The Morgan fingerprint density at radius 2 is 1.67 bits per heavy atom. The normalized spacial score (nSPS) is 10.3. The van der Waals surface area contributed by atoms with Crippen molar-refractivity contribution >= 4 is 39.6 Å². The minimum Gasteiger partial charge on any atom is -0.493 e. The van der Waals surface area contributed by atoms with Gasteiger partial charge in [0.1, 0.15) is 0 Å². The van der Waals surface area contributed by atoms with Crippen molar-refractivity contribution in [2.75, 3.05) is 14.2 Å². The van der Waals surface area contributed by atoms with Gasteiger partial charge >= 0.3 is 0 Å². The minimum absolute atomic E-state index is 0.0729. The van der Waals surface area contributed by atoms with Gasteiger partial charge in [-0.25, -0.2) is 0 Å². The van der Waals surface area contributed by atoms with E-state index in [9.17, 15) is 24.5 Å². The number of methoxy groups -OCH3 is 2. The zero-order chi connectivity index (χ0) is 21.8. The summed E-state index contributed by atoms with van der Waals surface area (Å²) in [5.41, 5.74) is 4.38. The Morgan fingerprint density at radius 3 is 2.27 bits per heavy atom. The minimum atomic E-state index is -0.691. The number of hydrazine groups is 1. The maximum absolute atomic E-state index is 12.6. The van der Waals surface area contributed by atoms with Crippen LogP contribution in [0, 0.1) is 10.1 Å². The Bertz CT molecular complexity index is 1210. The van der Waals surface area contributed by atoms with Crippen LogP contribution < -0.4 is 25.1 Å². The van der Waals surface area contributed by atoms with Crippen LogP contribution in [-0.2, 0) is 0 Å². The molecule has 154 valence electrons. The molecular formula is C19H15N3O7S. The third kappa shape index (κ3) is 4.05. The summed E-state index contributed by atoms with van der Waals surface area (Å²) < 4.78 is 10.0. The van der Waals surface area contributed by atoms with Gasteiger partial charge in [-0.2, -0.15) is 0 Å². The highest BCUT2D eigenvalue weighted by Crippen LogP contribution is 2.34. The lowest BCUT2D eigenvalue weighted by Crippen LogP contribution is -2.41. The third-order valence-corrected chi connectivity index (χ3v) is 5.04. The number of hydrogen-bond donors (Lipinski definition) is 2. The number of nitrogens with one attached hydrogen (secondary N) is 2. The Hall–Kier alpha value is -3.99. The Morgan fingerprint density at radius 1 is 1.00 bits per heavy atom. The zero-order valence-corrected chi connectivity index (χ0v) is 16.6. The first-order chi connectivity index (χ1) is 14.3. The molecule has 0 radical (unpaired) electrons. The average molecular weight is 429 g/mol. The van der Waals surface area contributed by atoms with Crippen molar-refractivity contribution in [3.8, 4) is 11.5 Å². The molecule has 0 spiro atoms. The summed E-state index contributed by atoms with van der Waals surface area (Å²) in [6, 6.07) is 9.60. The summed E-state index contributed by atoms with van der Waals surface area (Å²) in [6.07, 6.45) is 0. The molecule has 1 aromatic heterocycles. The molecule has 0 aliphatic heterocycles. The number of nitro groups is 1. The molecule has 0 fully saturated rings. The molecule has 0 saturated carbocycles. The third-order valence-electron chi connectivity index (χ3n) is 4.12. The van der Waals surface area contributed by atoms with Crippen LogP contribution in [0.15, 0.2) is 47.3 Å². The maximum atomic E-state index is 12.6. The molecule has 30 heavy (non-hydrogen) atoms. The van der Waals surface area contributed by atoms with Crippen molar-refractivity contribution < 1.29 is 24.0 Å². The van der Waals surface area contributed by atoms with E-state index < -0.39 is 21.5 Å². The number of nitrogens with zero attached hydrogens (tertiary/aromatic N) is 1. The molecule has 0 unspecified atom stereocenters. The predicted molar refractivity (Wildman–Crippen MR) is 109 cm³/mol. The van der Waals surface area contributed by atoms with Crippen molar-refractivity contribution in [2.45, 2.75) is 0 Å². The van der Waals surface area contributed by atoms with Crippen molar-refractivity contribution in [2.24, 2.45) is 0 Å². The molecule has 0 aliphatic rings. The number of benzene rings is 2. The van der Waals surface area contributed by atoms with Gasteiger partial charge < -0.3 is 9.47 Å². The summed E-state index contributed by atoms with van der Waals surface area (Å²) in [6.45, 7) is 0. The Balaban J connectivity index is 1.79. The van der Waals surface area contributed by atoms with E-state index in [2.05, 4.69) is 10.9 Å². The number of nitro benzene ring substituents is 1. The number of non-ortho nitro benzene ring substituents is 1. The monoisotopic (exact) mass is 429 g/mol. The lowest BCUT2D eigenvalue weighted by molar-refractivity contribution is -0.384. The number of rotatable bonds is 5. The van der Waals surface area contributed by atoms with Crippen LogP contribution in [0.3, 0.4) is 0 Å². The van der Waals surface area contributed by atoms with E-state index >= 15 is 0 Å². The van der Waals surface area contributed by atoms with Crippen LogP contribution in [0.5, 0.6) is 11.5 Å². The first-order valence-corrected chi connectivity index (χ1v) is 9.21. The van der Waals surface area contributed by atoms with Crippen LogP contribution in [0.1, 0.15) is 20.0 Å². The quantitative estimate of drug-likeness (QED) is 0.469. The molecule has 2 N–H and O–H groups in total. The van der Waals surface area contributed by atoms with E-state index in [1.165, 1.54) is 44.6 Å². The molecule has 10 nitrogen and oxygen atoms in total. The number of carbonyl (C=O) groups excluding carboxylic acids is 2. The van der Waals surface area contributed by atoms with E-state index in [4.69, 9.17) is 9.47 Å².